The van der Waals surface area contributed by atoms with Crippen LogP contribution in [0.15, 0.2) is 0 Å². The van der Waals surface area contributed by atoms with Gasteiger partial charge in [0, 0.05) is 37.4 Å². The van der Waals surface area contributed by atoms with Gasteiger partial charge < -0.3 is 9.80 Å². The van der Waals surface area contributed by atoms with Crippen LogP contribution < -0.4 is 4.90 Å². The van der Waals surface area contributed by atoms with Gasteiger partial charge in [-0.2, -0.15) is 0 Å². The van der Waals surface area contributed by atoms with E-state index in [1.165, 1.54) is 0 Å². The Morgan fingerprint density at radius 1 is 1.18 bits per heavy atom. The molecule has 0 radical (unpaired) electrons. The van der Waals surface area contributed by atoms with Crippen molar-refractivity contribution in [3.63, 3.8) is 0 Å². The summed E-state index contributed by atoms with van der Waals surface area (Å²) in [5.41, 5.74) is 2.06. The van der Waals surface area contributed by atoms with Gasteiger partial charge >= 0.3 is 0 Å². The predicted octanol–water partition coefficient (Wildman–Crippen LogP) is 1.75. The highest BCUT2D eigenvalue weighted by atomic mass is 35.5. The second-order valence-electron chi connectivity index (χ2n) is 4.52. The van der Waals surface area contributed by atoms with Crippen LogP contribution >= 0.6 is 11.6 Å². The van der Waals surface area contributed by atoms with Gasteiger partial charge in [0.05, 0.1) is 0 Å². The number of likely N-dealkylation sites (N-methyl/N-ethyl adjacent to an activating group) is 1. The molecule has 0 aliphatic carbocycles. The molecule has 0 atom stereocenters. The molecular weight excluding hydrogens is 236 g/mol. The van der Waals surface area contributed by atoms with Gasteiger partial charge in [-0.05, 0) is 20.4 Å². The van der Waals surface area contributed by atoms with E-state index in [2.05, 4.69) is 33.7 Å². The smallest absolute Gasteiger partial charge is 0.227 e. The zero-order chi connectivity index (χ0) is 12.4. The number of hydrogen-bond donors (Lipinski definition) is 0. The Morgan fingerprint density at radius 3 is 2.35 bits per heavy atom. The van der Waals surface area contributed by atoms with Crippen LogP contribution in [0.1, 0.15) is 18.2 Å². The molecule has 0 spiro atoms. The predicted molar refractivity (Wildman–Crippen MR) is 70.9 cm³/mol. The van der Waals surface area contributed by atoms with Crippen molar-refractivity contribution >= 4 is 17.5 Å². The molecule has 1 aromatic rings. The van der Waals surface area contributed by atoms with E-state index in [4.69, 9.17) is 11.6 Å². The summed E-state index contributed by atoms with van der Waals surface area (Å²) < 4.78 is 0. The molecular formula is C12H19ClN4. The van der Waals surface area contributed by atoms with E-state index >= 15 is 0 Å². The highest BCUT2D eigenvalue weighted by Gasteiger charge is 2.18. The molecule has 2 heterocycles. The normalized spacial score (nSPS) is 17.5. The summed E-state index contributed by atoms with van der Waals surface area (Å²) in [6.07, 6.45) is 0.883. The minimum Gasteiger partial charge on any atom is -0.338 e. The van der Waals surface area contributed by atoms with Crippen molar-refractivity contribution < 1.29 is 0 Å². The van der Waals surface area contributed by atoms with Crippen LogP contribution in [0.2, 0.25) is 5.15 Å². The summed E-state index contributed by atoms with van der Waals surface area (Å²) in [6, 6.07) is 0. The van der Waals surface area contributed by atoms with E-state index in [1.807, 2.05) is 6.92 Å². The van der Waals surface area contributed by atoms with Crippen LogP contribution in [0, 0.1) is 6.92 Å². The van der Waals surface area contributed by atoms with Crippen LogP contribution in [0.25, 0.3) is 0 Å². The average Bonchev–Trinajstić information content (AvgIpc) is 2.29. The summed E-state index contributed by atoms with van der Waals surface area (Å²) in [5.74, 6) is 0.776. The highest BCUT2D eigenvalue weighted by Crippen LogP contribution is 2.21. The average molecular weight is 255 g/mol. The Bertz CT molecular complexity index is 376. The third-order valence-corrected chi connectivity index (χ3v) is 3.60. The van der Waals surface area contributed by atoms with E-state index in [0.29, 0.717) is 5.15 Å². The first-order valence-corrected chi connectivity index (χ1v) is 6.46. The highest BCUT2D eigenvalue weighted by molar-refractivity contribution is 6.30. The first-order valence-electron chi connectivity index (χ1n) is 6.08. The zero-order valence-corrected chi connectivity index (χ0v) is 11.5. The lowest BCUT2D eigenvalue weighted by atomic mass is 10.2. The SMILES string of the molecule is CCc1c(C)nc(N2CCN(C)CC2)nc1Cl. The maximum atomic E-state index is 6.19. The Balaban J connectivity index is 2.22. The molecule has 1 fully saturated rings. The minimum atomic E-state index is 0.605. The molecule has 2 rings (SSSR count). The standard InChI is InChI=1S/C12H19ClN4/c1-4-10-9(2)14-12(15-11(10)13)17-7-5-16(3)6-8-17/h4-8H2,1-3H3. The van der Waals surface area contributed by atoms with Gasteiger partial charge in [-0.3, -0.25) is 0 Å². The number of aryl methyl sites for hydroxylation is 1. The van der Waals surface area contributed by atoms with Crippen LogP contribution in [0.5, 0.6) is 0 Å². The minimum absolute atomic E-state index is 0.605. The number of anilines is 1. The largest absolute Gasteiger partial charge is 0.338 e. The molecule has 0 bridgehead atoms. The summed E-state index contributed by atoms with van der Waals surface area (Å²) in [7, 11) is 2.14. The van der Waals surface area contributed by atoms with Crippen molar-refractivity contribution in [1.82, 2.24) is 14.9 Å². The zero-order valence-electron chi connectivity index (χ0n) is 10.7. The fourth-order valence-electron chi connectivity index (χ4n) is 2.10. The van der Waals surface area contributed by atoms with Crippen molar-refractivity contribution in [2.45, 2.75) is 20.3 Å². The number of hydrogen-bond acceptors (Lipinski definition) is 4. The van der Waals surface area contributed by atoms with Crippen molar-refractivity contribution in [2.24, 2.45) is 0 Å². The fraction of sp³-hybridized carbons (Fsp3) is 0.667. The summed E-state index contributed by atoms with van der Waals surface area (Å²) in [5, 5.41) is 0.605. The Morgan fingerprint density at radius 2 is 1.82 bits per heavy atom. The molecule has 94 valence electrons. The lowest BCUT2D eigenvalue weighted by Gasteiger charge is -2.32. The Labute approximate surface area is 108 Å². The van der Waals surface area contributed by atoms with Crippen LogP contribution in [0.3, 0.4) is 0 Å². The second kappa shape index (κ2) is 5.19. The molecule has 1 aliphatic rings. The molecule has 5 heteroatoms. The Kier molecular flexibility index (Phi) is 3.84. The molecule has 1 saturated heterocycles. The molecule has 1 aliphatic heterocycles. The van der Waals surface area contributed by atoms with Crippen molar-refractivity contribution in [3.8, 4) is 0 Å². The van der Waals surface area contributed by atoms with Crippen LogP contribution in [-0.2, 0) is 6.42 Å². The molecule has 17 heavy (non-hydrogen) atoms. The van der Waals surface area contributed by atoms with Gasteiger partial charge in [-0.1, -0.05) is 18.5 Å². The number of nitrogens with zero attached hydrogens (tertiary/aromatic N) is 4. The molecule has 0 saturated carbocycles. The van der Waals surface area contributed by atoms with Gasteiger partial charge in [0.25, 0.3) is 0 Å². The first kappa shape index (κ1) is 12.6. The number of halogens is 1. The van der Waals surface area contributed by atoms with E-state index in [0.717, 1.165) is 49.8 Å². The lowest BCUT2D eigenvalue weighted by Crippen LogP contribution is -2.45. The van der Waals surface area contributed by atoms with E-state index in [9.17, 15) is 0 Å². The number of rotatable bonds is 2. The second-order valence-corrected chi connectivity index (χ2v) is 4.88. The van der Waals surface area contributed by atoms with Gasteiger partial charge in [0.2, 0.25) is 5.95 Å². The number of aromatic nitrogens is 2. The fourth-order valence-corrected chi connectivity index (χ4v) is 2.44. The van der Waals surface area contributed by atoms with E-state index in [-0.39, 0.29) is 0 Å². The Hall–Kier alpha value is -0.870. The lowest BCUT2D eigenvalue weighted by molar-refractivity contribution is 0.311. The molecule has 0 N–H and O–H groups in total. The molecule has 0 amide bonds. The van der Waals surface area contributed by atoms with Crippen molar-refractivity contribution in [3.05, 3.63) is 16.4 Å². The summed E-state index contributed by atoms with van der Waals surface area (Å²) >= 11 is 6.19. The molecule has 0 aromatic carbocycles. The summed E-state index contributed by atoms with van der Waals surface area (Å²) in [6.45, 7) is 8.12. The molecule has 0 unspecified atom stereocenters. The van der Waals surface area contributed by atoms with Gasteiger partial charge in [-0.15, -0.1) is 0 Å². The van der Waals surface area contributed by atoms with Crippen LogP contribution in [-0.4, -0.2) is 48.1 Å². The van der Waals surface area contributed by atoms with E-state index in [1.54, 1.807) is 0 Å². The third kappa shape index (κ3) is 2.69. The molecule has 1 aromatic heterocycles. The third-order valence-electron chi connectivity index (χ3n) is 3.29. The summed E-state index contributed by atoms with van der Waals surface area (Å²) in [4.78, 5) is 13.5. The van der Waals surface area contributed by atoms with Gasteiger partial charge in [0.15, 0.2) is 0 Å². The number of piperazine rings is 1. The van der Waals surface area contributed by atoms with Gasteiger partial charge in [0.1, 0.15) is 5.15 Å². The first-order chi connectivity index (χ1) is 8.11. The van der Waals surface area contributed by atoms with Crippen LogP contribution in [0.4, 0.5) is 5.95 Å². The topological polar surface area (TPSA) is 32.3 Å². The van der Waals surface area contributed by atoms with Gasteiger partial charge in [-0.25, -0.2) is 9.97 Å². The molecule has 4 nitrogen and oxygen atoms in total. The van der Waals surface area contributed by atoms with Crippen molar-refractivity contribution in [2.75, 3.05) is 38.1 Å². The van der Waals surface area contributed by atoms with E-state index < -0.39 is 0 Å². The quantitative estimate of drug-likeness (QED) is 0.753. The maximum Gasteiger partial charge on any atom is 0.227 e. The van der Waals surface area contributed by atoms with Crippen molar-refractivity contribution in [1.29, 1.82) is 0 Å². The monoisotopic (exact) mass is 254 g/mol. The maximum absolute atomic E-state index is 6.19.